The third kappa shape index (κ3) is 3.09. The minimum Gasteiger partial charge on any atom is -0.422 e. The molecule has 0 amide bonds. The van der Waals surface area contributed by atoms with Gasteiger partial charge in [0, 0.05) is 17.6 Å². The fourth-order valence-electron chi connectivity index (χ4n) is 2.72. The summed E-state index contributed by atoms with van der Waals surface area (Å²) in [5.41, 5.74) is -0.513. The van der Waals surface area contributed by atoms with Gasteiger partial charge in [0.05, 0.1) is 6.54 Å². The van der Waals surface area contributed by atoms with Crippen molar-refractivity contribution in [2.24, 2.45) is 0 Å². The van der Waals surface area contributed by atoms with E-state index in [1.807, 2.05) is 13.0 Å². The van der Waals surface area contributed by atoms with Crippen molar-refractivity contribution in [1.82, 2.24) is 4.57 Å². The molecule has 0 fully saturated rings. The van der Waals surface area contributed by atoms with E-state index in [0.717, 1.165) is 27.8 Å². The van der Waals surface area contributed by atoms with Crippen LogP contribution >= 0.6 is 0 Å². The molecular formula is C18H14F3NO3. The number of hydrogen-bond acceptors (Lipinski definition) is 3. The number of nitrogens with zero attached hydrogens (tertiary/aromatic N) is 1. The molecule has 25 heavy (non-hydrogen) atoms. The summed E-state index contributed by atoms with van der Waals surface area (Å²) in [5.74, 6) is 0. The topological polar surface area (TPSA) is 52.2 Å². The predicted molar refractivity (Wildman–Crippen MR) is 86.8 cm³/mol. The van der Waals surface area contributed by atoms with Crippen LogP contribution in [0.5, 0.6) is 0 Å². The molecule has 0 atom stereocenters. The van der Waals surface area contributed by atoms with Gasteiger partial charge in [-0.2, -0.15) is 13.2 Å². The number of hydrogen-bond donors (Lipinski definition) is 0. The van der Waals surface area contributed by atoms with Crippen LogP contribution in [-0.4, -0.2) is 4.57 Å². The third-order valence-electron chi connectivity index (χ3n) is 4.18. The van der Waals surface area contributed by atoms with E-state index >= 15 is 0 Å². The van der Waals surface area contributed by atoms with Crippen molar-refractivity contribution in [2.45, 2.75) is 26.6 Å². The third-order valence-corrected chi connectivity index (χ3v) is 4.18. The van der Waals surface area contributed by atoms with Gasteiger partial charge in [0.2, 0.25) is 0 Å². The fourth-order valence-corrected chi connectivity index (χ4v) is 2.72. The highest BCUT2D eigenvalue weighted by Crippen LogP contribution is 2.27. The zero-order valence-corrected chi connectivity index (χ0v) is 13.5. The first kappa shape index (κ1) is 17.0. The molecule has 1 aromatic carbocycles. The molecule has 0 aliphatic heterocycles. The average Bonchev–Trinajstić information content (AvgIpc) is 2.52. The smallest absolute Gasteiger partial charge is 0.421 e. The lowest BCUT2D eigenvalue weighted by Gasteiger charge is -2.12. The van der Waals surface area contributed by atoms with Crippen molar-refractivity contribution >= 4 is 11.0 Å². The molecule has 0 radical (unpaired) electrons. The van der Waals surface area contributed by atoms with E-state index < -0.39 is 22.9 Å². The number of fused-ring (bicyclic) bond motifs is 1. The highest BCUT2D eigenvalue weighted by molar-refractivity contribution is 5.83. The Morgan fingerprint density at radius 3 is 2.52 bits per heavy atom. The molecule has 130 valence electrons. The van der Waals surface area contributed by atoms with E-state index in [2.05, 4.69) is 0 Å². The number of benzene rings is 1. The molecule has 3 rings (SSSR count). The van der Waals surface area contributed by atoms with Crippen LogP contribution in [0.1, 0.15) is 22.3 Å². The average molecular weight is 349 g/mol. The van der Waals surface area contributed by atoms with Crippen LogP contribution in [0.3, 0.4) is 0 Å². The van der Waals surface area contributed by atoms with Gasteiger partial charge in [-0.3, -0.25) is 4.79 Å². The maximum Gasteiger partial charge on any atom is 0.421 e. The summed E-state index contributed by atoms with van der Waals surface area (Å²) in [6.07, 6.45) is -3.47. The fraction of sp³-hybridized carbons (Fsp3) is 0.222. The molecule has 7 heteroatoms. The second-order valence-electron chi connectivity index (χ2n) is 5.83. The van der Waals surface area contributed by atoms with Crippen LogP contribution < -0.4 is 11.2 Å². The van der Waals surface area contributed by atoms with Gasteiger partial charge < -0.3 is 8.98 Å². The Bertz CT molecular complexity index is 1080. The van der Waals surface area contributed by atoms with Crippen LogP contribution in [0.15, 0.2) is 50.5 Å². The molecular weight excluding hydrogens is 335 g/mol. The van der Waals surface area contributed by atoms with Crippen LogP contribution in [-0.2, 0) is 12.7 Å². The van der Waals surface area contributed by atoms with Crippen molar-refractivity contribution in [2.75, 3.05) is 0 Å². The summed E-state index contributed by atoms with van der Waals surface area (Å²) in [6, 6.07) is 6.66. The highest BCUT2D eigenvalue weighted by atomic mass is 19.4. The van der Waals surface area contributed by atoms with Gasteiger partial charge >= 0.3 is 11.8 Å². The summed E-state index contributed by atoms with van der Waals surface area (Å²) in [5, 5.41) is 0.590. The summed E-state index contributed by atoms with van der Waals surface area (Å²) in [7, 11) is 0. The zero-order chi connectivity index (χ0) is 18.4. The normalized spacial score (nSPS) is 11.9. The summed E-state index contributed by atoms with van der Waals surface area (Å²) in [4.78, 5) is 23.9. The lowest BCUT2D eigenvalue weighted by Crippen LogP contribution is -2.28. The van der Waals surface area contributed by atoms with Crippen LogP contribution in [0.25, 0.3) is 11.0 Å². The van der Waals surface area contributed by atoms with Crippen molar-refractivity contribution in [3.63, 3.8) is 0 Å². The first-order chi connectivity index (χ1) is 11.7. The minimum absolute atomic E-state index is 0.159. The first-order valence-corrected chi connectivity index (χ1v) is 7.48. The quantitative estimate of drug-likeness (QED) is 0.664. The van der Waals surface area contributed by atoms with E-state index in [4.69, 9.17) is 4.42 Å². The van der Waals surface area contributed by atoms with E-state index in [1.54, 1.807) is 13.0 Å². The summed E-state index contributed by atoms with van der Waals surface area (Å²) >= 11 is 0. The maximum atomic E-state index is 12.9. The second-order valence-corrected chi connectivity index (χ2v) is 5.83. The summed E-state index contributed by atoms with van der Waals surface area (Å²) in [6.45, 7) is 3.49. The van der Waals surface area contributed by atoms with Crippen molar-refractivity contribution in [3.8, 4) is 0 Å². The molecule has 0 aliphatic carbocycles. The van der Waals surface area contributed by atoms with Crippen LogP contribution in [0.2, 0.25) is 0 Å². The molecule has 0 spiro atoms. The van der Waals surface area contributed by atoms with E-state index in [-0.39, 0.29) is 6.54 Å². The predicted octanol–water partition coefficient (Wildman–Crippen LogP) is 3.64. The van der Waals surface area contributed by atoms with Crippen LogP contribution in [0, 0.1) is 13.8 Å². The van der Waals surface area contributed by atoms with Gasteiger partial charge in [0.25, 0.3) is 5.56 Å². The second kappa shape index (κ2) is 5.91. The molecule has 0 N–H and O–H groups in total. The molecule has 0 saturated carbocycles. The summed E-state index contributed by atoms with van der Waals surface area (Å²) < 4.78 is 44.9. The molecule has 2 aromatic heterocycles. The van der Waals surface area contributed by atoms with E-state index in [1.165, 1.54) is 12.3 Å². The van der Waals surface area contributed by atoms with Gasteiger partial charge in [0.1, 0.15) is 11.1 Å². The standard InChI is InChI=1S/C18H14F3NO3/c1-10-5-6-13-12(8-15(23)25-16(13)11(10)2)9-22-7-3-4-14(17(22)24)18(19,20)21/h3-8H,9H2,1-2H3. The number of aromatic nitrogens is 1. The number of aryl methyl sites for hydroxylation is 2. The van der Waals surface area contributed by atoms with E-state index in [0.29, 0.717) is 16.5 Å². The van der Waals surface area contributed by atoms with Gasteiger partial charge in [-0.25, -0.2) is 4.79 Å². The molecule has 0 saturated heterocycles. The number of pyridine rings is 1. The van der Waals surface area contributed by atoms with E-state index in [9.17, 15) is 22.8 Å². The molecule has 3 aromatic rings. The van der Waals surface area contributed by atoms with Gasteiger partial charge in [-0.15, -0.1) is 0 Å². The lowest BCUT2D eigenvalue weighted by atomic mass is 10.0. The van der Waals surface area contributed by atoms with Crippen molar-refractivity contribution < 1.29 is 17.6 Å². The molecule has 0 aliphatic rings. The van der Waals surface area contributed by atoms with Crippen LogP contribution in [0.4, 0.5) is 13.2 Å². The van der Waals surface area contributed by atoms with Gasteiger partial charge in [0.15, 0.2) is 0 Å². The number of alkyl halides is 3. The minimum atomic E-state index is -4.73. The number of rotatable bonds is 2. The molecule has 4 nitrogen and oxygen atoms in total. The lowest BCUT2D eigenvalue weighted by molar-refractivity contribution is -0.138. The Labute approximate surface area is 140 Å². The van der Waals surface area contributed by atoms with Gasteiger partial charge in [-0.1, -0.05) is 12.1 Å². The Kier molecular flexibility index (Phi) is 4.02. The SMILES string of the molecule is Cc1ccc2c(Cn3cccc(C(F)(F)F)c3=O)cc(=O)oc2c1C. The number of halogens is 3. The highest BCUT2D eigenvalue weighted by Gasteiger charge is 2.34. The molecule has 0 unspecified atom stereocenters. The maximum absolute atomic E-state index is 12.9. The van der Waals surface area contributed by atoms with Crippen molar-refractivity contribution in [1.29, 1.82) is 0 Å². The largest absolute Gasteiger partial charge is 0.422 e. The Morgan fingerprint density at radius 2 is 1.84 bits per heavy atom. The Balaban J connectivity index is 2.19. The first-order valence-electron chi connectivity index (χ1n) is 7.48. The van der Waals surface area contributed by atoms with Crippen molar-refractivity contribution in [3.05, 3.63) is 79.6 Å². The molecule has 2 heterocycles. The molecule has 0 bridgehead atoms. The Hall–Kier alpha value is -2.83. The zero-order valence-electron chi connectivity index (χ0n) is 13.5. The monoisotopic (exact) mass is 349 g/mol. The van der Waals surface area contributed by atoms with Gasteiger partial charge in [-0.05, 0) is 42.7 Å². The Morgan fingerprint density at radius 1 is 1.12 bits per heavy atom.